The van der Waals surface area contributed by atoms with Crippen LogP contribution in [0, 0.1) is 10.1 Å². The molecule has 0 aliphatic rings. The van der Waals surface area contributed by atoms with Crippen molar-refractivity contribution in [3.05, 3.63) is 61.6 Å². The Bertz CT molecular complexity index is 679. The molecule has 21 heavy (non-hydrogen) atoms. The molecule has 0 fully saturated rings. The fraction of sp³-hybridized carbons (Fsp3) is 0.143. The molecule has 0 atom stereocenters. The number of hydrogen-bond donors (Lipinski definition) is 1. The fourth-order valence-corrected chi connectivity index (χ4v) is 2.37. The highest BCUT2D eigenvalue weighted by Gasteiger charge is 2.10. The number of halogens is 2. The van der Waals surface area contributed by atoms with Gasteiger partial charge in [0.25, 0.3) is 5.69 Å². The van der Waals surface area contributed by atoms with E-state index in [9.17, 15) is 10.1 Å². The van der Waals surface area contributed by atoms with Crippen molar-refractivity contribution in [2.45, 2.75) is 6.54 Å². The van der Waals surface area contributed by atoms with Gasteiger partial charge in [0, 0.05) is 35.5 Å². The summed E-state index contributed by atoms with van der Waals surface area (Å²) in [6.07, 6.45) is 0. The van der Waals surface area contributed by atoms with Gasteiger partial charge in [-0.25, -0.2) is 0 Å². The first kappa shape index (κ1) is 15.6. The van der Waals surface area contributed by atoms with Crippen LogP contribution in [0.3, 0.4) is 0 Å². The second-order valence-electron chi connectivity index (χ2n) is 4.24. The zero-order valence-electron chi connectivity index (χ0n) is 11.1. The largest absolute Gasteiger partial charge is 0.495 e. The van der Waals surface area contributed by atoms with Crippen molar-refractivity contribution in [3.63, 3.8) is 0 Å². The number of methoxy groups -OCH3 is 1. The van der Waals surface area contributed by atoms with E-state index >= 15 is 0 Å². The molecule has 0 saturated carbocycles. The molecule has 0 aromatic heterocycles. The summed E-state index contributed by atoms with van der Waals surface area (Å²) in [6, 6.07) is 9.93. The summed E-state index contributed by atoms with van der Waals surface area (Å²) < 4.78 is 6.06. The number of anilines is 1. The summed E-state index contributed by atoms with van der Waals surface area (Å²) in [4.78, 5) is 10.3. The van der Waals surface area contributed by atoms with E-state index in [1.54, 1.807) is 7.11 Å². The van der Waals surface area contributed by atoms with Crippen LogP contribution in [-0.2, 0) is 6.54 Å². The zero-order chi connectivity index (χ0) is 15.4. The van der Waals surface area contributed by atoms with Crippen LogP contribution in [0.4, 0.5) is 11.4 Å². The quantitative estimate of drug-likeness (QED) is 0.614. The summed E-state index contributed by atoms with van der Waals surface area (Å²) in [5.41, 5.74) is 1.51. The van der Waals surface area contributed by atoms with E-state index in [2.05, 4.69) is 21.2 Å². The lowest BCUT2D eigenvalue weighted by Gasteiger charge is -2.10. The molecule has 2 aromatic carbocycles. The van der Waals surface area contributed by atoms with Crippen LogP contribution in [0.25, 0.3) is 0 Å². The van der Waals surface area contributed by atoms with Crippen molar-refractivity contribution >= 4 is 38.9 Å². The molecule has 1 N–H and O–H groups in total. The van der Waals surface area contributed by atoms with E-state index < -0.39 is 4.92 Å². The molecule has 2 aromatic rings. The molecule has 2 rings (SSSR count). The van der Waals surface area contributed by atoms with Crippen LogP contribution in [-0.4, -0.2) is 12.0 Å². The molecule has 110 valence electrons. The molecule has 0 amide bonds. The lowest BCUT2D eigenvalue weighted by Crippen LogP contribution is -2.01. The van der Waals surface area contributed by atoms with Gasteiger partial charge in [-0.05, 0) is 39.7 Å². The molecular formula is C14H12BrClN2O3. The van der Waals surface area contributed by atoms with E-state index in [0.717, 1.165) is 10.2 Å². The Hall–Kier alpha value is -1.79. The number of non-ortho nitro benzene ring substituents is 1. The molecular weight excluding hydrogens is 360 g/mol. The first-order valence-electron chi connectivity index (χ1n) is 6.01. The molecule has 0 unspecified atom stereocenters. The number of ether oxygens (including phenoxy) is 1. The zero-order valence-corrected chi connectivity index (χ0v) is 13.4. The Balaban J connectivity index is 2.16. The van der Waals surface area contributed by atoms with Crippen LogP contribution >= 0.6 is 27.5 Å². The van der Waals surface area contributed by atoms with Gasteiger partial charge in [-0.2, -0.15) is 0 Å². The first-order chi connectivity index (χ1) is 10.0. The molecule has 0 aliphatic heterocycles. The van der Waals surface area contributed by atoms with Gasteiger partial charge in [0.1, 0.15) is 5.75 Å². The predicted molar refractivity (Wildman–Crippen MR) is 86.1 cm³/mol. The Morgan fingerprint density at radius 1 is 1.33 bits per heavy atom. The summed E-state index contributed by atoms with van der Waals surface area (Å²) >= 11 is 9.43. The normalized spacial score (nSPS) is 10.2. The Kier molecular flexibility index (Phi) is 5.03. The summed E-state index contributed by atoms with van der Waals surface area (Å²) in [5.74, 6) is 0.699. The molecule has 0 heterocycles. The van der Waals surface area contributed by atoms with E-state index in [1.165, 1.54) is 18.2 Å². The number of nitro benzene ring substituents is 1. The van der Waals surface area contributed by atoms with Crippen molar-refractivity contribution in [2.75, 3.05) is 12.4 Å². The Morgan fingerprint density at radius 3 is 2.76 bits per heavy atom. The van der Waals surface area contributed by atoms with Crippen molar-refractivity contribution in [3.8, 4) is 5.75 Å². The maximum atomic E-state index is 10.8. The van der Waals surface area contributed by atoms with Crippen molar-refractivity contribution in [1.82, 2.24) is 0 Å². The second-order valence-corrected chi connectivity index (χ2v) is 5.50. The predicted octanol–water partition coefficient (Wildman–Crippen LogP) is 4.63. The van der Waals surface area contributed by atoms with Crippen molar-refractivity contribution < 1.29 is 9.66 Å². The minimum Gasteiger partial charge on any atom is -0.495 e. The molecule has 0 radical (unpaired) electrons. The molecule has 5 nitrogen and oxygen atoms in total. The monoisotopic (exact) mass is 370 g/mol. The highest BCUT2D eigenvalue weighted by molar-refractivity contribution is 9.10. The van der Waals surface area contributed by atoms with Crippen molar-refractivity contribution in [1.29, 1.82) is 0 Å². The first-order valence-corrected chi connectivity index (χ1v) is 7.18. The molecule has 0 aliphatic carbocycles. The maximum absolute atomic E-state index is 10.8. The van der Waals surface area contributed by atoms with Crippen LogP contribution < -0.4 is 10.1 Å². The number of nitro groups is 1. The van der Waals surface area contributed by atoms with Crippen LogP contribution in [0.15, 0.2) is 40.9 Å². The topological polar surface area (TPSA) is 64.4 Å². The number of benzene rings is 2. The third-order valence-electron chi connectivity index (χ3n) is 2.87. The minimum absolute atomic E-state index is 0.0181. The molecule has 0 saturated heterocycles. The highest BCUT2D eigenvalue weighted by atomic mass is 79.9. The van der Waals surface area contributed by atoms with Gasteiger partial charge in [-0.15, -0.1) is 0 Å². The maximum Gasteiger partial charge on any atom is 0.269 e. The third-order valence-corrected chi connectivity index (χ3v) is 3.90. The second kappa shape index (κ2) is 6.78. The summed E-state index contributed by atoms with van der Waals surface area (Å²) in [5, 5.41) is 14.4. The van der Waals surface area contributed by atoms with Gasteiger partial charge in [-0.3, -0.25) is 10.1 Å². The lowest BCUT2D eigenvalue weighted by atomic mass is 10.2. The minimum atomic E-state index is -0.442. The van der Waals surface area contributed by atoms with Gasteiger partial charge in [0.15, 0.2) is 0 Å². The third kappa shape index (κ3) is 3.86. The average Bonchev–Trinajstić information content (AvgIpc) is 2.47. The Labute approximate surface area is 135 Å². The number of rotatable bonds is 5. The standard InChI is InChI=1S/C14H12BrClN2O3/c1-21-14-7-10(2-4-12(14)15)17-8-9-6-11(18(19)20)3-5-13(9)16/h2-7,17H,8H2,1H3. The summed E-state index contributed by atoms with van der Waals surface area (Å²) in [7, 11) is 1.58. The van der Waals surface area contributed by atoms with E-state index in [0.29, 0.717) is 22.9 Å². The fourth-order valence-electron chi connectivity index (χ4n) is 1.78. The molecule has 0 spiro atoms. The van der Waals surface area contributed by atoms with Gasteiger partial charge in [0.2, 0.25) is 0 Å². The average molecular weight is 372 g/mol. The summed E-state index contributed by atoms with van der Waals surface area (Å²) in [6.45, 7) is 0.380. The van der Waals surface area contributed by atoms with E-state index in [1.807, 2.05) is 18.2 Å². The van der Waals surface area contributed by atoms with Crippen molar-refractivity contribution in [2.24, 2.45) is 0 Å². The molecule has 0 bridgehead atoms. The number of hydrogen-bond acceptors (Lipinski definition) is 4. The smallest absolute Gasteiger partial charge is 0.269 e. The van der Waals surface area contributed by atoms with Crippen LogP contribution in [0.1, 0.15) is 5.56 Å². The number of nitrogens with zero attached hydrogens (tertiary/aromatic N) is 1. The van der Waals surface area contributed by atoms with Gasteiger partial charge in [-0.1, -0.05) is 11.6 Å². The van der Waals surface area contributed by atoms with Gasteiger partial charge < -0.3 is 10.1 Å². The van der Waals surface area contributed by atoms with E-state index in [-0.39, 0.29) is 5.69 Å². The Morgan fingerprint density at radius 2 is 2.10 bits per heavy atom. The van der Waals surface area contributed by atoms with Gasteiger partial charge >= 0.3 is 0 Å². The number of nitrogens with one attached hydrogen (secondary N) is 1. The van der Waals surface area contributed by atoms with E-state index in [4.69, 9.17) is 16.3 Å². The van der Waals surface area contributed by atoms with Gasteiger partial charge in [0.05, 0.1) is 16.5 Å². The molecule has 7 heteroatoms. The van der Waals surface area contributed by atoms with Crippen LogP contribution in [0.5, 0.6) is 5.75 Å². The lowest BCUT2D eigenvalue weighted by molar-refractivity contribution is -0.384. The SMILES string of the molecule is COc1cc(NCc2cc([N+](=O)[O-])ccc2Cl)ccc1Br. The highest BCUT2D eigenvalue weighted by Crippen LogP contribution is 2.29. The van der Waals surface area contributed by atoms with Crippen LogP contribution in [0.2, 0.25) is 5.02 Å².